The summed E-state index contributed by atoms with van der Waals surface area (Å²) in [6, 6.07) is 0.514. The van der Waals surface area contributed by atoms with Gasteiger partial charge in [-0.2, -0.15) is 0 Å². The lowest BCUT2D eigenvalue weighted by Crippen LogP contribution is -2.15. The molecule has 0 heterocycles. The molecule has 1 aliphatic carbocycles. The summed E-state index contributed by atoms with van der Waals surface area (Å²) in [7, 11) is 0. The van der Waals surface area contributed by atoms with Crippen molar-refractivity contribution in [1.29, 1.82) is 0 Å². The van der Waals surface area contributed by atoms with Gasteiger partial charge in [0.25, 0.3) is 0 Å². The normalized spacial score (nSPS) is 27.3. The molecule has 0 radical (unpaired) electrons. The third-order valence-corrected chi connectivity index (χ3v) is 4.98. The van der Waals surface area contributed by atoms with E-state index in [0.29, 0.717) is 6.04 Å². The molecule has 4 unspecified atom stereocenters. The lowest BCUT2D eigenvalue weighted by Gasteiger charge is -2.24. The van der Waals surface area contributed by atoms with Gasteiger partial charge in [-0.15, -0.1) is 0 Å². The standard InChI is InChI=1S/C17H35N/c1-4-7-14(3)16(8-5-2)10-6-9-15-11-12-17(18)13-15/h14-17H,4-13,18H2,1-3H3. The van der Waals surface area contributed by atoms with E-state index in [2.05, 4.69) is 20.8 Å². The molecular weight excluding hydrogens is 218 g/mol. The molecule has 0 aromatic rings. The van der Waals surface area contributed by atoms with Gasteiger partial charge in [-0.25, -0.2) is 0 Å². The van der Waals surface area contributed by atoms with E-state index in [0.717, 1.165) is 17.8 Å². The molecule has 1 fully saturated rings. The van der Waals surface area contributed by atoms with E-state index >= 15 is 0 Å². The molecule has 108 valence electrons. The summed E-state index contributed by atoms with van der Waals surface area (Å²) in [6.07, 6.45) is 13.8. The second-order valence-corrected chi connectivity index (χ2v) is 6.68. The van der Waals surface area contributed by atoms with Gasteiger partial charge in [-0.3, -0.25) is 0 Å². The maximum Gasteiger partial charge on any atom is 0.00415 e. The van der Waals surface area contributed by atoms with Crippen LogP contribution >= 0.6 is 0 Å². The van der Waals surface area contributed by atoms with Crippen molar-refractivity contribution >= 4 is 0 Å². The predicted octanol–water partition coefficient (Wildman–Crippen LogP) is 5.14. The fourth-order valence-electron chi connectivity index (χ4n) is 3.82. The highest BCUT2D eigenvalue weighted by Gasteiger charge is 2.22. The monoisotopic (exact) mass is 253 g/mol. The highest BCUT2D eigenvalue weighted by Crippen LogP contribution is 2.32. The van der Waals surface area contributed by atoms with Crippen LogP contribution in [0.1, 0.15) is 85.0 Å². The Balaban J connectivity index is 2.20. The van der Waals surface area contributed by atoms with E-state index in [-0.39, 0.29) is 0 Å². The van der Waals surface area contributed by atoms with E-state index in [1.807, 2.05) is 0 Å². The molecule has 18 heavy (non-hydrogen) atoms. The van der Waals surface area contributed by atoms with Crippen molar-refractivity contribution in [2.45, 2.75) is 91.0 Å². The Kier molecular flexibility index (Phi) is 7.97. The smallest absolute Gasteiger partial charge is 0.00415 e. The first kappa shape index (κ1) is 16.0. The SMILES string of the molecule is CCCC(C)C(CCC)CCCC1CCC(N)C1. The van der Waals surface area contributed by atoms with E-state index in [9.17, 15) is 0 Å². The fourth-order valence-corrected chi connectivity index (χ4v) is 3.82. The van der Waals surface area contributed by atoms with Crippen molar-refractivity contribution in [3.05, 3.63) is 0 Å². The van der Waals surface area contributed by atoms with Crippen LogP contribution in [0.25, 0.3) is 0 Å². The molecule has 0 aromatic carbocycles. The molecule has 0 aliphatic heterocycles. The minimum absolute atomic E-state index is 0.514. The predicted molar refractivity (Wildman–Crippen MR) is 81.6 cm³/mol. The molecule has 0 amide bonds. The summed E-state index contributed by atoms with van der Waals surface area (Å²) in [6.45, 7) is 7.12. The van der Waals surface area contributed by atoms with Crippen LogP contribution in [0.2, 0.25) is 0 Å². The van der Waals surface area contributed by atoms with Crippen molar-refractivity contribution < 1.29 is 0 Å². The Bertz CT molecular complexity index is 202. The summed E-state index contributed by atoms with van der Waals surface area (Å²) < 4.78 is 0. The van der Waals surface area contributed by atoms with E-state index < -0.39 is 0 Å². The lowest BCUT2D eigenvalue weighted by molar-refractivity contribution is 0.279. The Morgan fingerprint density at radius 1 is 1.06 bits per heavy atom. The maximum absolute atomic E-state index is 5.99. The third-order valence-electron chi connectivity index (χ3n) is 4.98. The average molecular weight is 253 g/mol. The van der Waals surface area contributed by atoms with Gasteiger partial charge in [-0.05, 0) is 37.0 Å². The van der Waals surface area contributed by atoms with Gasteiger partial charge in [0, 0.05) is 6.04 Å². The minimum Gasteiger partial charge on any atom is -0.328 e. The van der Waals surface area contributed by atoms with Gasteiger partial charge in [0.1, 0.15) is 0 Å². The first-order valence-electron chi connectivity index (χ1n) is 8.42. The summed E-state index contributed by atoms with van der Waals surface area (Å²) in [5.41, 5.74) is 5.99. The van der Waals surface area contributed by atoms with Crippen LogP contribution < -0.4 is 5.73 Å². The zero-order valence-electron chi connectivity index (χ0n) is 13.0. The first-order chi connectivity index (χ1) is 8.67. The molecule has 0 saturated heterocycles. The third kappa shape index (κ3) is 5.73. The summed E-state index contributed by atoms with van der Waals surface area (Å²) >= 11 is 0. The van der Waals surface area contributed by atoms with Gasteiger partial charge in [0.2, 0.25) is 0 Å². The molecule has 1 rings (SSSR count). The zero-order chi connectivity index (χ0) is 13.4. The van der Waals surface area contributed by atoms with Crippen LogP contribution in [0.3, 0.4) is 0 Å². The maximum atomic E-state index is 5.99. The summed E-state index contributed by atoms with van der Waals surface area (Å²) in [4.78, 5) is 0. The van der Waals surface area contributed by atoms with Crippen LogP contribution in [0.15, 0.2) is 0 Å². The van der Waals surface area contributed by atoms with Crippen molar-refractivity contribution in [3.8, 4) is 0 Å². The second-order valence-electron chi connectivity index (χ2n) is 6.68. The van der Waals surface area contributed by atoms with Gasteiger partial charge >= 0.3 is 0 Å². The highest BCUT2D eigenvalue weighted by molar-refractivity contribution is 4.78. The van der Waals surface area contributed by atoms with Crippen LogP contribution in [-0.4, -0.2) is 6.04 Å². The topological polar surface area (TPSA) is 26.0 Å². The van der Waals surface area contributed by atoms with Crippen molar-refractivity contribution in [1.82, 2.24) is 0 Å². The van der Waals surface area contributed by atoms with Crippen molar-refractivity contribution in [2.24, 2.45) is 23.5 Å². The van der Waals surface area contributed by atoms with E-state index in [1.54, 1.807) is 0 Å². The van der Waals surface area contributed by atoms with E-state index in [1.165, 1.54) is 64.2 Å². The molecule has 0 spiro atoms. The lowest BCUT2D eigenvalue weighted by atomic mass is 9.82. The highest BCUT2D eigenvalue weighted by atomic mass is 14.6. The Labute approximate surface area is 115 Å². The zero-order valence-corrected chi connectivity index (χ0v) is 13.0. The fraction of sp³-hybridized carbons (Fsp3) is 1.00. The van der Waals surface area contributed by atoms with Gasteiger partial charge in [-0.1, -0.05) is 65.7 Å². The number of hydrogen-bond donors (Lipinski definition) is 1. The largest absolute Gasteiger partial charge is 0.328 e. The number of hydrogen-bond acceptors (Lipinski definition) is 1. The van der Waals surface area contributed by atoms with Crippen LogP contribution in [0.4, 0.5) is 0 Å². The molecule has 1 heteroatoms. The molecule has 2 N–H and O–H groups in total. The summed E-state index contributed by atoms with van der Waals surface area (Å²) in [5, 5.41) is 0. The van der Waals surface area contributed by atoms with Crippen molar-refractivity contribution in [2.75, 3.05) is 0 Å². The van der Waals surface area contributed by atoms with Gasteiger partial charge < -0.3 is 5.73 Å². The Hall–Kier alpha value is -0.0400. The second kappa shape index (κ2) is 8.96. The quantitative estimate of drug-likeness (QED) is 0.605. The molecule has 4 atom stereocenters. The van der Waals surface area contributed by atoms with Crippen LogP contribution in [0.5, 0.6) is 0 Å². The van der Waals surface area contributed by atoms with Crippen LogP contribution in [-0.2, 0) is 0 Å². The molecule has 1 aliphatic rings. The minimum atomic E-state index is 0.514. The molecular formula is C17H35N. The Morgan fingerprint density at radius 3 is 2.33 bits per heavy atom. The van der Waals surface area contributed by atoms with Crippen LogP contribution in [0, 0.1) is 17.8 Å². The first-order valence-corrected chi connectivity index (χ1v) is 8.42. The molecule has 0 bridgehead atoms. The number of rotatable bonds is 9. The van der Waals surface area contributed by atoms with Gasteiger partial charge in [0.05, 0.1) is 0 Å². The number of nitrogens with two attached hydrogens (primary N) is 1. The molecule has 1 saturated carbocycles. The van der Waals surface area contributed by atoms with E-state index in [4.69, 9.17) is 5.73 Å². The Morgan fingerprint density at radius 2 is 1.78 bits per heavy atom. The summed E-state index contributed by atoms with van der Waals surface area (Å²) in [5.74, 6) is 2.86. The van der Waals surface area contributed by atoms with Gasteiger partial charge in [0.15, 0.2) is 0 Å². The average Bonchev–Trinajstić information content (AvgIpc) is 2.74. The molecule has 0 aromatic heterocycles. The van der Waals surface area contributed by atoms with Crippen molar-refractivity contribution in [3.63, 3.8) is 0 Å². The molecule has 1 nitrogen and oxygen atoms in total.